The molecule has 1 atom stereocenters. The van der Waals surface area contributed by atoms with Crippen molar-refractivity contribution < 1.29 is 4.39 Å². The van der Waals surface area contributed by atoms with Crippen LogP contribution >= 0.6 is 27.3 Å². The fraction of sp³-hybridized carbons (Fsp3) is 0.321. The number of nitrogens with one attached hydrogen (secondary N) is 1. The third-order valence-electron chi connectivity index (χ3n) is 5.02. The molecule has 0 spiro atoms. The van der Waals surface area contributed by atoms with E-state index in [0.717, 1.165) is 44.8 Å². The first kappa shape index (κ1) is 27.8. The van der Waals surface area contributed by atoms with E-state index in [-0.39, 0.29) is 11.9 Å². The maximum atomic E-state index is 13.4. The highest BCUT2D eigenvalue weighted by Crippen LogP contribution is 2.33. The first-order chi connectivity index (χ1) is 16.4. The number of allylic oxidation sites excluding steroid dienone is 3. The van der Waals surface area contributed by atoms with Crippen molar-refractivity contribution in [3.8, 4) is 5.69 Å². The average molecular weight is 545 g/mol. The molecule has 1 unspecified atom stereocenters. The van der Waals surface area contributed by atoms with Crippen LogP contribution in [0, 0.1) is 5.82 Å². The second-order valence-corrected chi connectivity index (χ2v) is 10.2. The summed E-state index contributed by atoms with van der Waals surface area (Å²) in [5.41, 5.74) is 4.79. The lowest BCUT2D eigenvalue weighted by molar-refractivity contribution is 0.598. The molecule has 3 aromatic rings. The minimum atomic E-state index is -0.270. The zero-order chi connectivity index (χ0) is 25.1. The molecule has 2 heterocycles. The number of halogens is 2. The van der Waals surface area contributed by atoms with Gasteiger partial charge in [0.15, 0.2) is 0 Å². The summed E-state index contributed by atoms with van der Waals surface area (Å²) in [5.74, 6) is -0.270. The Labute approximate surface area is 216 Å². The maximum absolute atomic E-state index is 13.4. The van der Waals surface area contributed by atoms with Gasteiger partial charge in [-0.1, -0.05) is 52.8 Å². The molecule has 0 fully saturated rings. The fourth-order valence-corrected chi connectivity index (χ4v) is 5.09. The molecule has 0 radical (unpaired) electrons. The summed E-state index contributed by atoms with van der Waals surface area (Å²) < 4.78 is 16.3. The number of hydrogen-bond acceptors (Lipinski definition) is 3. The van der Waals surface area contributed by atoms with Crippen LogP contribution in [0.3, 0.4) is 0 Å². The van der Waals surface area contributed by atoms with Crippen molar-refractivity contribution in [3.05, 3.63) is 92.8 Å². The predicted octanol–water partition coefficient (Wildman–Crippen LogP) is 9.33. The van der Waals surface area contributed by atoms with E-state index in [4.69, 9.17) is 0 Å². The van der Waals surface area contributed by atoms with Crippen LogP contribution in [0.15, 0.2) is 70.8 Å². The van der Waals surface area contributed by atoms with Gasteiger partial charge in [-0.15, -0.1) is 11.3 Å². The smallest absolute Gasteiger partial charge is 0.123 e. The van der Waals surface area contributed by atoms with Crippen molar-refractivity contribution in [2.45, 2.75) is 59.9 Å². The predicted molar refractivity (Wildman–Crippen MR) is 150 cm³/mol. The molecular weight excluding hydrogens is 509 g/mol. The Kier molecular flexibility index (Phi) is 11.5. The number of nitrogens with zero attached hydrogens (tertiary/aromatic N) is 2. The Morgan fingerprint density at radius 1 is 1.18 bits per heavy atom. The zero-order valence-corrected chi connectivity index (χ0v) is 23.1. The molecular formula is C28H35BrFN3S. The highest BCUT2D eigenvalue weighted by molar-refractivity contribution is 9.11. The highest BCUT2D eigenvalue weighted by Gasteiger charge is 2.19. The van der Waals surface area contributed by atoms with Gasteiger partial charge in [0.1, 0.15) is 5.82 Å². The maximum Gasteiger partial charge on any atom is 0.123 e. The second-order valence-electron chi connectivity index (χ2n) is 7.72. The van der Waals surface area contributed by atoms with Gasteiger partial charge in [-0.3, -0.25) is 0 Å². The Morgan fingerprint density at radius 3 is 2.35 bits per heavy atom. The molecule has 182 valence electrons. The molecule has 1 N–H and O–H groups in total. The quantitative estimate of drug-likeness (QED) is 0.272. The lowest BCUT2D eigenvalue weighted by Gasteiger charge is -2.22. The van der Waals surface area contributed by atoms with Gasteiger partial charge >= 0.3 is 0 Å². The topological polar surface area (TPSA) is 29.9 Å². The molecule has 0 saturated carbocycles. The van der Waals surface area contributed by atoms with Crippen LogP contribution in [0.1, 0.15) is 76.1 Å². The first-order valence-corrected chi connectivity index (χ1v) is 13.4. The van der Waals surface area contributed by atoms with Crippen LogP contribution in [0.4, 0.5) is 4.39 Å². The summed E-state index contributed by atoms with van der Waals surface area (Å²) in [6.07, 6.45) is 11.1. The summed E-state index contributed by atoms with van der Waals surface area (Å²) in [6.45, 7) is 14.6. The van der Waals surface area contributed by atoms with Crippen molar-refractivity contribution in [1.82, 2.24) is 15.1 Å². The van der Waals surface area contributed by atoms with E-state index in [2.05, 4.69) is 84.9 Å². The van der Waals surface area contributed by atoms with E-state index >= 15 is 0 Å². The van der Waals surface area contributed by atoms with Crippen molar-refractivity contribution >= 4 is 38.9 Å². The second kappa shape index (κ2) is 14.1. The van der Waals surface area contributed by atoms with E-state index in [0.29, 0.717) is 0 Å². The first-order valence-electron chi connectivity index (χ1n) is 11.8. The largest absolute Gasteiger partial charge is 0.377 e. The molecule has 1 aromatic carbocycles. The van der Waals surface area contributed by atoms with E-state index in [1.54, 1.807) is 34.2 Å². The Hall–Kier alpha value is -2.44. The number of rotatable bonds is 9. The molecule has 3 rings (SSSR count). The van der Waals surface area contributed by atoms with Gasteiger partial charge in [0.25, 0.3) is 0 Å². The van der Waals surface area contributed by atoms with Gasteiger partial charge in [0.05, 0.1) is 27.4 Å². The standard InChI is InChI=1S/C25H27BrFN3S.C3H8/c1-5-9-22(29-21(7-3)24-14-15-25(26)31-24)19(6-2)20-16-28-30(23(20)8-4)18-12-10-17(27)11-13-18;1-3-2/h6,8-16,21,29H,4-5,7H2,1-3H3;3H2,1-2H3/b19-6+,22-9+;. The van der Waals surface area contributed by atoms with E-state index < -0.39 is 0 Å². The molecule has 0 aliphatic rings. The lowest BCUT2D eigenvalue weighted by atomic mass is 10.0. The van der Waals surface area contributed by atoms with Gasteiger partial charge in [0, 0.05) is 21.7 Å². The molecule has 0 amide bonds. The van der Waals surface area contributed by atoms with Crippen LogP contribution < -0.4 is 5.32 Å². The van der Waals surface area contributed by atoms with Crippen LogP contribution in [-0.2, 0) is 0 Å². The van der Waals surface area contributed by atoms with Gasteiger partial charge < -0.3 is 5.32 Å². The Balaban J connectivity index is 0.00000129. The summed E-state index contributed by atoms with van der Waals surface area (Å²) in [4.78, 5) is 1.29. The summed E-state index contributed by atoms with van der Waals surface area (Å²) in [6, 6.07) is 10.8. The molecule has 6 heteroatoms. The molecule has 34 heavy (non-hydrogen) atoms. The van der Waals surface area contributed by atoms with Crippen LogP contribution in [0.25, 0.3) is 17.3 Å². The third kappa shape index (κ3) is 7.03. The minimum Gasteiger partial charge on any atom is -0.377 e. The van der Waals surface area contributed by atoms with Crippen molar-refractivity contribution in [1.29, 1.82) is 0 Å². The number of benzene rings is 1. The molecule has 2 aromatic heterocycles. The van der Waals surface area contributed by atoms with E-state index in [1.807, 2.05) is 13.1 Å². The van der Waals surface area contributed by atoms with Crippen molar-refractivity contribution in [2.24, 2.45) is 0 Å². The number of aromatic nitrogens is 2. The highest BCUT2D eigenvalue weighted by atomic mass is 79.9. The summed E-state index contributed by atoms with van der Waals surface area (Å²) in [7, 11) is 0. The minimum absolute atomic E-state index is 0.211. The monoisotopic (exact) mass is 543 g/mol. The third-order valence-corrected chi connectivity index (χ3v) is 6.76. The Bertz CT molecular complexity index is 1110. The van der Waals surface area contributed by atoms with E-state index in [9.17, 15) is 4.39 Å². The number of hydrogen-bond donors (Lipinski definition) is 1. The SMILES string of the molecule is C=Cc1c(C(=C\C)/C(=C\CC)NC(CC)c2ccc(Br)s2)cnn1-c1ccc(F)cc1.CCC. The lowest BCUT2D eigenvalue weighted by Crippen LogP contribution is -2.20. The Morgan fingerprint density at radius 2 is 1.85 bits per heavy atom. The zero-order valence-electron chi connectivity index (χ0n) is 20.7. The summed E-state index contributed by atoms with van der Waals surface area (Å²) >= 11 is 5.32. The van der Waals surface area contributed by atoms with Gasteiger partial charge in [-0.2, -0.15) is 5.10 Å². The van der Waals surface area contributed by atoms with Crippen molar-refractivity contribution in [3.63, 3.8) is 0 Å². The number of thiophene rings is 1. The molecule has 0 aliphatic carbocycles. The van der Waals surface area contributed by atoms with Gasteiger partial charge in [0.2, 0.25) is 0 Å². The van der Waals surface area contributed by atoms with Gasteiger partial charge in [-0.05, 0) is 78.2 Å². The summed E-state index contributed by atoms with van der Waals surface area (Å²) in [5, 5.41) is 8.34. The van der Waals surface area contributed by atoms with E-state index in [1.165, 1.54) is 23.4 Å². The van der Waals surface area contributed by atoms with Crippen molar-refractivity contribution in [2.75, 3.05) is 0 Å². The molecule has 3 nitrogen and oxygen atoms in total. The van der Waals surface area contributed by atoms with Crippen LogP contribution in [0.5, 0.6) is 0 Å². The normalized spacial score (nSPS) is 12.7. The fourth-order valence-electron chi connectivity index (χ4n) is 3.53. The van der Waals surface area contributed by atoms with Crippen LogP contribution in [0.2, 0.25) is 0 Å². The van der Waals surface area contributed by atoms with Gasteiger partial charge in [-0.25, -0.2) is 9.07 Å². The molecule has 0 saturated heterocycles. The average Bonchev–Trinajstić information content (AvgIpc) is 3.45. The molecule has 0 aliphatic heterocycles. The molecule has 0 bridgehead atoms. The van der Waals surface area contributed by atoms with Crippen LogP contribution in [-0.4, -0.2) is 9.78 Å².